The number of benzene rings is 2. The minimum absolute atomic E-state index is 0.487. The number of aryl methyl sites for hydroxylation is 1. The summed E-state index contributed by atoms with van der Waals surface area (Å²) < 4.78 is 10.8. The second kappa shape index (κ2) is 6.43. The van der Waals surface area contributed by atoms with E-state index in [4.69, 9.17) is 9.47 Å². The lowest BCUT2D eigenvalue weighted by molar-refractivity contribution is -0.281. The highest BCUT2D eigenvalue weighted by Crippen LogP contribution is 2.33. The molecule has 1 heterocycles. The van der Waals surface area contributed by atoms with E-state index in [1.54, 1.807) is 0 Å². The molecule has 2 aromatic carbocycles. The molecule has 0 aromatic heterocycles. The molecule has 6 nitrogen and oxygen atoms in total. The van der Waals surface area contributed by atoms with Crippen molar-refractivity contribution in [1.29, 1.82) is 0 Å². The molecule has 0 saturated carbocycles. The SMILES string of the molecule is Cc1ccc2ccccc2c1O[C@H]1[C@H](O)[C@@H](CO)OC(O)[C@@H]1O. The van der Waals surface area contributed by atoms with Crippen LogP contribution in [0.25, 0.3) is 10.8 Å². The summed E-state index contributed by atoms with van der Waals surface area (Å²) in [5.74, 6) is 0.525. The zero-order valence-electron chi connectivity index (χ0n) is 12.7. The molecule has 0 aliphatic carbocycles. The van der Waals surface area contributed by atoms with Crippen molar-refractivity contribution < 1.29 is 29.9 Å². The fraction of sp³-hybridized carbons (Fsp3) is 0.412. The van der Waals surface area contributed by atoms with E-state index in [-0.39, 0.29) is 0 Å². The van der Waals surface area contributed by atoms with Crippen LogP contribution >= 0.6 is 0 Å². The summed E-state index contributed by atoms with van der Waals surface area (Å²) in [5, 5.41) is 41.2. The number of hydrogen-bond acceptors (Lipinski definition) is 6. The quantitative estimate of drug-likeness (QED) is 0.650. The predicted octanol–water partition coefficient (Wildman–Crippen LogP) is 0.327. The summed E-state index contributed by atoms with van der Waals surface area (Å²) in [5.41, 5.74) is 0.838. The van der Waals surface area contributed by atoms with Crippen LogP contribution in [0.3, 0.4) is 0 Å². The predicted molar refractivity (Wildman–Crippen MR) is 83.1 cm³/mol. The molecule has 6 heteroatoms. The van der Waals surface area contributed by atoms with Crippen molar-refractivity contribution >= 4 is 10.8 Å². The Morgan fingerprint density at radius 1 is 1.04 bits per heavy atom. The van der Waals surface area contributed by atoms with E-state index in [2.05, 4.69) is 0 Å². The number of ether oxygens (including phenoxy) is 2. The van der Waals surface area contributed by atoms with Crippen LogP contribution in [-0.2, 0) is 4.74 Å². The lowest BCUT2D eigenvalue weighted by Gasteiger charge is -2.40. The van der Waals surface area contributed by atoms with E-state index >= 15 is 0 Å². The van der Waals surface area contributed by atoms with Crippen molar-refractivity contribution in [2.24, 2.45) is 0 Å². The lowest BCUT2D eigenvalue weighted by Crippen LogP contribution is -2.60. The van der Waals surface area contributed by atoms with Crippen molar-refractivity contribution in [1.82, 2.24) is 0 Å². The Bertz CT molecular complexity index is 688. The molecule has 1 unspecified atom stereocenters. The molecule has 2 aromatic rings. The molecule has 0 bridgehead atoms. The smallest absolute Gasteiger partial charge is 0.185 e. The van der Waals surface area contributed by atoms with Gasteiger partial charge in [-0.05, 0) is 17.9 Å². The van der Waals surface area contributed by atoms with Crippen molar-refractivity contribution in [2.45, 2.75) is 37.6 Å². The molecular weight excluding hydrogens is 300 g/mol. The van der Waals surface area contributed by atoms with Gasteiger partial charge in [-0.3, -0.25) is 0 Å². The van der Waals surface area contributed by atoms with Gasteiger partial charge in [-0.1, -0.05) is 36.4 Å². The summed E-state index contributed by atoms with van der Waals surface area (Å²) >= 11 is 0. The second-order valence-corrected chi connectivity index (χ2v) is 5.74. The van der Waals surface area contributed by atoms with Gasteiger partial charge in [0, 0.05) is 5.39 Å². The first-order valence-corrected chi connectivity index (χ1v) is 7.48. The number of rotatable bonds is 3. The molecule has 1 aliphatic rings. The van der Waals surface area contributed by atoms with Gasteiger partial charge < -0.3 is 29.9 Å². The normalized spacial score (nSPS) is 31.3. The monoisotopic (exact) mass is 320 g/mol. The maximum Gasteiger partial charge on any atom is 0.185 e. The topological polar surface area (TPSA) is 99.4 Å². The molecule has 5 atom stereocenters. The molecule has 0 amide bonds. The maximum absolute atomic E-state index is 10.3. The van der Waals surface area contributed by atoms with E-state index in [0.29, 0.717) is 5.75 Å². The van der Waals surface area contributed by atoms with Gasteiger partial charge in [0.05, 0.1) is 6.61 Å². The van der Waals surface area contributed by atoms with Crippen molar-refractivity contribution in [2.75, 3.05) is 6.61 Å². The van der Waals surface area contributed by atoms with Gasteiger partial charge >= 0.3 is 0 Å². The summed E-state index contributed by atoms with van der Waals surface area (Å²) in [4.78, 5) is 0. The maximum atomic E-state index is 10.3. The van der Waals surface area contributed by atoms with Crippen LogP contribution in [0.1, 0.15) is 5.56 Å². The summed E-state index contributed by atoms with van der Waals surface area (Å²) in [6, 6.07) is 11.4. The number of aliphatic hydroxyl groups excluding tert-OH is 4. The van der Waals surface area contributed by atoms with Gasteiger partial charge in [-0.15, -0.1) is 0 Å². The fourth-order valence-corrected chi connectivity index (χ4v) is 2.85. The Balaban J connectivity index is 1.98. The van der Waals surface area contributed by atoms with Crippen molar-refractivity contribution in [3.05, 3.63) is 42.0 Å². The summed E-state index contributed by atoms with van der Waals surface area (Å²) in [6.07, 6.45) is -6.35. The van der Waals surface area contributed by atoms with Gasteiger partial charge in [0.2, 0.25) is 0 Å². The van der Waals surface area contributed by atoms with Crippen LogP contribution in [0.4, 0.5) is 0 Å². The molecule has 0 spiro atoms. The average Bonchev–Trinajstić information content (AvgIpc) is 2.56. The first kappa shape index (κ1) is 16.2. The van der Waals surface area contributed by atoms with E-state index in [9.17, 15) is 20.4 Å². The van der Waals surface area contributed by atoms with Crippen LogP contribution in [0, 0.1) is 6.92 Å². The van der Waals surface area contributed by atoms with E-state index in [0.717, 1.165) is 16.3 Å². The third-order valence-electron chi connectivity index (χ3n) is 4.17. The Hall–Kier alpha value is -1.70. The van der Waals surface area contributed by atoms with E-state index in [1.165, 1.54) is 0 Å². The number of hydrogen-bond donors (Lipinski definition) is 4. The average molecular weight is 320 g/mol. The molecule has 4 N–H and O–H groups in total. The Morgan fingerprint density at radius 3 is 2.52 bits per heavy atom. The third-order valence-corrected chi connectivity index (χ3v) is 4.17. The zero-order valence-corrected chi connectivity index (χ0v) is 12.7. The summed E-state index contributed by atoms with van der Waals surface area (Å²) in [7, 11) is 0. The Labute approximate surface area is 133 Å². The van der Waals surface area contributed by atoms with E-state index in [1.807, 2.05) is 43.3 Å². The molecule has 1 fully saturated rings. The number of aliphatic hydroxyl groups is 4. The van der Waals surface area contributed by atoms with Crippen molar-refractivity contribution in [3.8, 4) is 5.75 Å². The van der Waals surface area contributed by atoms with Gasteiger partial charge in [-0.2, -0.15) is 0 Å². The molecular formula is C17H20O6. The Kier molecular flexibility index (Phi) is 4.52. The van der Waals surface area contributed by atoms with Crippen LogP contribution in [0.15, 0.2) is 36.4 Å². The standard InChI is InChI=1S/C17H20O6/c1-9-6-7-10-4-2-3-5-11(10)15(9)23-16-13(19)12(8-18)22-17(21)14(16)20/h2-7,12-14,16-21H,8H2,1H3/t12-,13-,14-,16+,17?/m1/s1. The largest absolute Gasteiger partial charge is 0.484 e. The molecule has 124 valence electrons. The van der Waals surface area contributed by atoms with Gasteiger partial charge in [0.15, 0.2) is 12.4 Å². The van der Waals surface area contributed by atoms with Crippen LogP contribution < -0.4 is 4.74 Å². The zero-order chi connectivity index (χ0) is 16.6. The molecule has 23 heavy (non-hydrogen) atoms. The minimum atomic E-state index is -1.53. The fourth-order valence-electron chi connectivity index (χ4n) is 2.85. The minimum Gasteiger partial charge on any atom is -0.484 e. The molecule has 1 aliphatic heterocycles. The van der Waals surface area contributed by atoms with Gasteiger partial charge in [0.25, 0.3) is 0 Å². The third kappa shape index (κ3) is 2.91. The summed E-state index contributed by atoms with van der Waals surface area (Å²) in [6.45, 7) is 1.37. The highest BCUT2D eigenvalue weighted by atomic mass is 16.6. The van der Waals surface area contributed by atoms with Gasteiger partial charge in [-0.25, -0.2) is 0 Å². The molecule has 0 radical (unpaired) electrons. The highest BCUT2D eigenvalue weighted by Gasteiger charge is 2.45. The van der Waals surface area contributed by atoms with Gasteiger partial charge in [0.1, 0.15) is 24.1 Å². The van der Waals surface area contributed by atoms with Crippen LogP contribution in [0.5, 0.6) is 5.75 Å². The molecule has 1 saturated heterocycles. The lowest BCUT2D eigenvalue weighted by atomic mass is 9.98. The molecule has 3 rings (SSSR count). The second-order valence-electron chi connectivity index (χ2n) is 5.74. The van der Waals surface area contributed by atoms with Crippen molar-refractivity contribution in [3.63, 3.8) is 0 Å². The Morgan fingerprint density at radius 2 is 1.78 bits per heavy atom. The first-order valence-electron chi connectivity index (χ1n) is 7.48. The van der Waals surface area contributed by atoms with Crippen LogP contribution in [-0.4, -0.2) is 57.7 Å². The number of fused-ring (bicyclic) bond motifs is 1. The highest BCUT2D eigenvalue weighted by molar-refractivity contribution is 5.89. The van der Waals surface area contributed by atoms with E-state index < -0.39 is 37.3 Å². The first-order chi connectivity index (χ1) is 11.0. The van der Waals surface area contributed by atoms with Crippen LogP contribution in [0.2, 0.25) is 0 Å².